The van der Waals surface area contributed by atoms with Crippen LogP contribution in [0.1, 0.15) is 64.5 Å². The summed E-state index contributed by atoms with van der Waals surface area (Å²) in [6, 6.07) is 21.7. The Morgan fingerprint density at radius 1 is 0.815 bits per heavy atom. The summed E-state index contributed by atoms with van der Waals surface area (Å²) < 4.78 is 6.82. The Morgan fingerprint density at radius 2 is 1.37 bits per heavy atom. The summed E-state index contributed by atoms with van der Waals surface area (Å²) in [7, 11) is -0.624. The van der Waals surface area contributed by atoms with E-state index < -0.39 is 9.52 Å². The minimum atomic E-state index is -0.624. The number of hydrogen-bond acceptors (Lipinski definition) is 1. The number of rotatable bonds is 10. The van der Waals surface area contributed by atoms with Crippen molar-refractivity contribution in [1.29, 1.82) is 0 Å². The van der Waals surface area contributed by atoms with Crippen molar-refractivity contribution in [2.45, 2.75) is 63.6 Å². The fourth-order valence-electron chi connectivity index (χ4n) is 3.65. The smallest absolute Gasteiger partial charge is 0.100 e. The number of ether oxygens (including phenoxy) is 1. The molecule has 0 heterocycles. The Bertz CT molecular complexity index is 631. The van der Waals surface area contributed by atoms with E-state index in [1.807, 2.05) is 0 Å². The highest BCUT2D eigenvalue weighted by Crippen LogP contribution is 2.40. The van der Waals surface area contributed by atoms with Crippen LogP contribution in [0.2, 0.25) is 5.04 Å². The van der Waals surface area contributed by atoms with Gasteiger partial charge in [-0.2, -0.15) is 0 Å². The number of hydrogen-bond donors (Lipinski definition) is 0. The zero-order valence-corrected chi connectivity index (χ0v) is 19.0. The third kappa shape index (κ3) is 6.79. The van der Waals surface area contributed by atoms with Crippen LogP contribution in [0.3, 0.4) is 0 Å². The van der Waals surface area contributed by atoms with Crippen LogP contribution in [0.4, 0.5) is 0 Å². The fourth-order valence-corrected chi connectivity index (χ4v) is 6.26. The van der Waals surface area contributed by atoms with Crippen LogP contribution in [0, 0.1) is 0 Å². The molecule has 0 aliphatic rings. The van der Waals surface area contributed by atoms with Gasteiger partial charge in [-0.1, -0.05) is 101 Å². The van der Waals surface area contributed by atoms with Crippen LogP contribution in [-0.2, 0) is 9.96 Å². The topological polar surface area (TPSA) is 9.23 Å². The Labute approximate surface area is 168 Å². The molecule has 0 spiro atoms. The van der Waals surface area contributed by atoms with Gasteiger partial charge in [0.05, 0.1) is 9.52 Å². The lowest BCUT2D eigenvalue weighted by molar-refractivity contribution is 0.0382. The van der Waals surface area contributed by atoms with E-state index in [4.69, 9.17) is 4.74 Å². The summed E-state index contributed by atoms with van der Waals surface area (Å²) in [5.74, 6) is 0. The molecule has 27 heavy (non-hydrogen) atoms. The van der Waals surface area contributed by atoms with Gasteiger partial charge in [0.25, 0.3) is 0 Å². The molecule has 2 aromatic rings. The highest BCUT2D eigenvalue weighted by Gasteiger charge is 2.39. The third-order valence-electron chi connectivity index (χ3n) is 4.78. The Hall–Kier alpha value is -1.64. The normalized spacial score (nSPS) is 13.0. The van der Waals surface area contributed by atoms with Crippen LogP contribution >= 0.6 is 0 Å². The standard InChI is InChI=1S/C25H36OSi/c1-5-6-7-8-9-16-21-26-25(27-24(2,3)4,22-17-12-10-13-18-22)23-19-14-11-15-20-23/h6-7,10-15,17-20H,5,8-9,16,21,27H2,1-4H3. The second kappa shape index (κ2) is 10.6. The molecule has 0 amide bonds. The molecule has 0 bridgehead atoms. The summed E-state index contributed by atoms with van der Waals surface area (Å²) in [6.45, 7) is 10.1. The first-order valence-corrected chi connectivity index (χ1v) is 11.8. The molecule has 0 fully saturated rings. The Kier molecular flexibility index (Phi) is 8.52. The molecule has 0 aromatic heterocycles. The molecule has 0 aliphatic heterocycles. The second-order valence-corrected chi connectivity index (χ2v) is 12.0. The van der Waals surface area contributed by atoms with Gasteiger partial charge in [-0.05, 0) is 41.8 Å². The molecule has 2 rings (SSSR count). The van der Waals surface area contributed by atoms with Crippen molar-refractivity contribution in [3.05, 3.63) is 83.9 Å². The zero-order valence-electron chi connectivity index (χ0n) is 17.6. The van der Waals surface area contributed by atoms with Crippen molar-refractivity contribution in [3.8, 4) is 0 Å². The molecular weight excluding hydrogens is 344 g/mol. The van der Waals surface area contributed by atoms with Crippen molar-refractivity contribution < 1.29 is 4.74 Å². The quantitative estimate of drug-likeness (QED) is 0.262. The van der Waals surface area contributed by atoms with E-state index in [2.05, 4.69) is 101 Å². The summed E-state index contributed by atoms with van der Waals surface area (Å²) in [5.41, 5.74) is 2.62. The monoisotopic (exact) mass is 380 g/mol. The van der Waals surface area contributed by atoms with Crippen LogP contribution in [0.25, 0.3) is 0 Å². The Morgan fingerprint density at radius 3 is 1.85 bits per heavy atom. The first kappa shape index (κ1) is 21.7. The van der Waals surface area contributed by atoms with E-state index >= 15 is 0 Å². The average Bonchev–Trinajstić information content (AvgIpc) is 2.67. The largest absolute Gasteiger partial charge is 0.370 e. The molecule has 0 saturated heterocycles. The molecule has 0 atom stereocenters. The van der Waals surface area contributed by atoms with Crippen molar-refractivity contribution in [3.63, 3.8) is 0 Å². The van der Waals surface area contributed by atoms with Crippen molar-refractivity contribution in [1.82, 2.24) is 0 Å². The van der Waals surface area contributed by atoms with Crippen LogP contribution in [0.5, 0.6) is 0 Å². The van der Waals surface area contributed by atoms with Crippen LogP contribution in [0.15, 0.2) is 72.8 Å². The molecule has 2 aromatic carbocycles. The zero-order chi connectivity index (χ0) is 19.6. The van der Waals surface area contributed by atoms with Gasteiger partial charge < -0.3 is 4.74 Å². The van der Waals surface area contributed by atoms with Gasteiger partial charge in [0, 0.05) is 6.61 Å². The predicted octanol–water partition coefficient (Wildman–Crippen LogP) is 6.43. The maximum atomic E-state index is 6.82. The number of benzene rings is 2. The van der Waals surface area contributed by atoms with E-state index in [1.165, 1.54) is 17.5 Å². The maximum Gasteiger partial charge on any atom is 0.100 e. The van der Waals surface area contributed by atoms with Gasteiger partial charge in [-0.15, -0.1) is 0 Å². The third-order valence-corrected chi connectivity index (χ3v) is 7.35. The van der Waals surface area contributed by atoms with Gasteiger partial charge in [-0.25, -0.2) is 0 Å². The van der Waals surface area contributed by atoms with E-state index in [9.17, 15) is 0 Å². The molecule has 0 unspecified atom stereocenters. The lowest BCUT2D eigenvalue weighted by Crippen LogP contribution is -2.42. The summed E-state index contributed by atoms with van der Waals surface area (Å²) >= 11 is 0. The molecule has 0 radical (unpaired) electrons. The minimum absolute atomic E-state index is 0.264. The molecule has 0 saturated carbocycles. The average molecular weight is 381 g/mol. The molecule has 0 N–H and O–H groups in total. The van der Waals surface area contributed by atoms with Crippen molar-refractivity contribution >= 4 is 9.52 Å². The van der Waals surface area contributed by atoms with E-state index in [0.717, 1.165) is 25.9 Å². The van der Waals surface area contributed by atoms with E-state index in [0.29, 0.717) is 0 Å². The molecular formula is C25H36OSi. The van der Waals surface area contributed by atoms with Gasteiger partial charge in [0.2, 0.25) is 0 Å². The van der Waals surface area contributed by atoms with E-state index in [1.54, 1.807) is 0 Å². The van der Waals surface area contributed by atoms with Crippen molar-refractivity contribution in [2.75, 3.05) is 6.61 Å². The fraction of sp³-hybridized carbons (Fsp3) is 0.440. The predicted molar refractivity (Wildman–Crippen MR) is 121 cm³/mol. The van der Waals surface area contributed by atoms with Crippen LogP contribution in [-0.4, -0.2) is 16.1 Å². The lowest BCUT2D eigenvalue weighted by Gasteiger charge is -2.39. The lowest BCUT2D eigenvalue weighted by atomic mass is 10.00. The molecule has 0 aliphatic carbocycles. The van der Waals surface area contributed by atoms with E-state index in [-0.39, 0.29) is 10.3 Å². The number of unbranched alkanes of at least 4 members (excludes halogenated alkanes) is 2. The first-order valence-electron chi connectivity index (χ1n) is 10.4. The SMILES string of the molecule is CCC=CCCCCOC([SiH2]C(C)(C)C)(c1ccccc1)c1ccccc1. The van der Waals surface area contributed by atoms with Gasteiger partial charge in [0.15, 0.2) is 0 Å². The molecule has 146 valence electrons. The first-order chi connectivity index (χ1) is 13.0. The highest BCUT2D eigenvalue weighted by atomic mass is 28.2. The summed E-state index contributed by atoms with van der Waals surface area (Å²) in [5, 5.41) is 0.0234. The molecule has 2 heteroatoms. The van der Waals surface area contributed by atoms with Crippen LogP contribution < -0.4 is 0 Å². The number of allylic oxidation sites excluding steroid dienone is 2. The highest BCUT2D eigenvalue weighted by molar-refractivity contribution is 6.44. The maximum absolute atomic E-state index is 6.82. The van der Waals surface area contributed by atoms with Gasteiger partial charge >= 0.3 is 0 Å². The van der Waals surface area contributed by atoms with Crippen molar-refractivity contribution in [2.24, 2.45) is 0 Å². The summed E-state index contributed by atoms with van der Waals surface area (Å²) in [4.78, 5) is 0. The second-order valence-electron chi connectivity index (χ2n) is 8.52. The summed E-state index contributed by atoms with van der Waals surface area (Å²) in [6.07, 6.45) is 9.12. The van der Waals surface area contributed by atoms with Gasteiger partial charge in [-0.3, -0.25) is 0 Å². The molecule has 1 nitrogen and oxygen atoms in total. The minimum Gasteiger partial charge on any atom is -0.370 e. The van der Waals surface area contributed by atoms with Gasteiger partial charge in [0.1, 0.15) is 5.22 Å². The Balaban J connectivity index is 2.27.